The lowest BCUT2D eigenvalue weighted by Crippen LogP contribution is -2.30. The summed E-state index contributed by atoms with van der Waals surface area (Å²) < 4.78 is 0. The van der Waals surface area contributed by atoms with Crippen LogP contribution in [0.3, 0.4) is 0 Å². The minimum atomic E-state index is -0.140. The molecule has 0 aromatic carbocycles. The highest BCUT2D eigenvalue weighted by Gasteiger charge is 2.04. The van der Waals surface area contributed by atoms with Crippen molar-refractivity contribution < 1.29 is 10.0 Å². The van der Waals surface area contributed by atoms with E-state index in [0.29, 0.717) is 6.54 Å². The van der Waals surface area contributed by atoms with Crippen molar-refractivity contribution in [1.82, 2.24) is 10.6 Å². The van der Waals surface area contributed by atoms with Gasteiger partial charge in [0.2, 0.25) is 5.91 Å². The van der Waals surface area contributed by atoms with E-state index in [-0.39, 0.29) is 18.2 Å². The highest BCUT2D eigenvalue weighted by atomic mass is 16.4. The summed E-state index contributed by atoms with van der Waals surface area (Å²) in [6.07, 6.45) is 0.990. The van der Waals surface area contributed by atoms with Gasteiger partial charge in [-0.25, -0.2) is 0 Å². The molecule has 0 aliphatic heterocycles. The van der Waals surface area contributed by atoms with Gasteiger partial charge in [-0.1, -0.05) is 12.1 Å². The van der Waals surface area contributed by atoms with Crippen LogP contribution in [-0.4, -0.2) is 30.5 Å². The van der Waals surface area contributed by atoms with Gasteiger partial charge in [0.15, 0.2) is 5.84 Å². The number of amides is 1. The maximum atomic E-state index is 11.0. The minimum Gasteiger partial charge on any atom is -0.409 e. The van der Waals surface area contributed by atoms with Gasteiger partial charge < -0.3 is 15.8 Å². The number of amidine groups is 1. The molecule has 0 heterocycles. The fourth-order valence-electron chi connectivity index (χ4n) is 0.653. The largest absolute Gasteiger partial charge is 0.409 e. The van der Waals surface area contributed by atoms with Crippen LogP contribution < -0.4 is 10.6 Å². The van der Waals surface area contributed by atoms with Gasteiger partial charge in [0.05, 0.1) is 6.42 Å². The molecule has 0 saturated carbocycles. The van der Waals surface area contributed by atoms with E-state index in [2.05, 4.69) is 15.8 Å². The SMILES string of the molecule is CCCNC(=O)C/C(=N/O)NC. The standard InChI is InChI=1S/C7H15N3O2/c1-3-4-9-7(11)5-6(8-2)10-12/h12H,3-5H2,1-2H3,(H,8,10)(H,9,11). The minimum absolute atomic E-state index is 0.0903. The monoisotopic (exact) mass is 173 g/mol. The third kappa shape index (κ3) is 4.54. The molecule has 0 bridgehead atoms. The van der Waals surface area contributed by atoms with Gasteiger partial charge in [0.25, 0.3) is 0 Å². The van der Waals surface area contributed by atoms with Gasteiger partial charge in [-0.2, -0.15) is 0 Å². The summed E-state index contributed by atoms with van der Waals surface area (Å²) in [6.45, 7) is 2.63. The van der Waals surface area contributed by atoms with Crippen molar-refractivity contribution in [3.8, 4) is 0 Å². The van der Waals surface area contributed by atoms with Crippen LogP contribution in [0.2, 0.25) is 0 Å². The van der Waals surface area contributed by atoms with Gasteiger partial charge in [0, 0.05) is 13.6 Å². The lowest BCUT2D eigenvalue weighted by molar-refractivity contribution is -0.119. The van der Waals surface area contributed by atoms with Crippen LogP contribution in [0.4, 0.5) is 0 Å². The summed E-state index contributed by atoms with van der Waals surface area (Å²) in [5.74, 6) is 0.127. The Morgan fingerprint density at radius 3 is 2.67 bits per heavy atom. The van der Waals surface area contributed by atoms with Crippen molar-refractivity contribution in [3.63, 3.8) is 0 Å². The second kappa shape index (κ2) is 6.45. The average Bonchev–Trinajstić information content (AvgIpc) is 2.10. The van der Waals surface area contributed by atoms with E-state index in [1.54, 1.807) is 7.05 Å². The van der Waals surface area contributed by atoms with E-state index in [1.165, 1.54) is 0 Å². The molecule has 0 aromatic heterocycles. The Labute approximate surface area is 71.8 Å². The Morgan fingerprint density at radius 1 is 1.58 bits per heavy atom. The fraction of sp³-hybridized carbons (Fsp3) is 0.714. The summed E-state index contributed by atoms with van der Waals surface area (Å²) in [4.78, 5) is 11.0. The van der Waals surface area contributed by atoms with E-state index >= 15 is 0 Å². The molecule has 5 heteroatoms. The van der Waals surface area contributed by atoms with E-state index in [0.717, 1.165) is 6.42 Å². The highest BCUT2D eigenvalue weighted by molar-refractivity contribution is 5.99. The molecular weight excluding hydrogens is 158 g/mol. The number of rotatable bonds is 4. The fourth-order valence-corrected chi connectivity index (χ4v) is 0.653. The number of carbonyl (C=O) groups is 1. The average molecular weight is 173 g/mol. The van der Waals surface area contributed by atoms with Crippen LogP contribution in [0.1, 0.15) is 19.8 Å². The lowest BCUT2D eigenvalue weighted by atomic mass is 10.3. The molecule has 0 fully saturated rings. The molecule has 0 saturated heterocycles. The van der Waals surface area contributed by atoms with Crippen molar-refractivity contribution in [3.05, 3.63) is 0 Å². The molecule has 0 aliphatic rings. The maximum Gasteiger partial charge on any atom is 0.227 e. The van der Waals surface area contributed by atoms with Crippen molar-refractivity contribution in [2.45, 2.75) is 19.8 Å². The molecule has 0 aliphatic carbocycles. The van der Waals surface area contributed by atoms with Gasteiger partial charge >= 0.3 is 0 Å². The molecule has 0 unspecified atom stereocenters. The van der Waals surface area contributed by atoms with Gasteiger partial charge in [-0.05, 0) is 6.42 Å². The first-order chi connectivity index (χ1) is 5.74. The van der Waals surface area contributed by atoms with Crippen molar-refractivity contribution in [1.29, 1.82) is 0 Å². The summed E-state index contributed by atoms with van der Waals surface area (Å²) in [5.41, 5.74) is 0. The lowest BCUT2D eigenvalue weighted by Gasteiger charge is -2.03. The highest BCUT2D eigenvalue weighted by Crippen LogP contribution is 1.82. The van der Waals surface area contributed by atoms with Crippen LogP contribution in [-0.2, 0) is 4.79 Å². The Morgan fingerprint density at radius 2 is 2.25 bits per heavy atom. The zero-order valence-corrected chi connectivity index (χ0v) is 7.42. The molecule has 5 nitrogen and oxygen atoms in total. The molecule has 0 aromatic rings. The first kappa shape index (κ1) is 10.7. The molecular formula is C7H15N3O2. The van der Waals surface area contributed by atoms with Crippen LogP contribution in [0.15, 0.2) is 5.16 Å². The van der Waals surface area contributed by atoms with Gasteiger partial charge in [0.1, 0.15) is 0 Å². The first-order valence-electron chi connectivity index (χ1n) is 3.90. The summed E-state index contributed by atoms with van der Waals surface area (Å²) >= 11 is 0. The second-order valence-electron chi connectivity index (χ2n) is 2.32. The Balaban J connectivity index is 3.67. The normalized spacial score (nSPS) is 11.0. The predicted octanol–water partition coefficient (Wildman–Crippen LogP) is -0.0902. The maximum absolute atomic E-state index is 11.0. The topological polar surface area (TPSA) is 73.7 Å². The van der Waals surface area contributed by atoms with E-state index in [4.69, 9.17) is 5.21 Å². The smallest absolute Gasteiger partial charge is 0.227 e. The van der Waals surface area contributed by atoms with Crippen LogP contribution in [0.5, 0.6) is 0 Å². The third-order valence-electron chi connectivity index (χ3n) is 1.31. The van der Waals surface area contributed by atoms with Crippen LogP contribution >= 0.6 is 0 Å². The molecule has 70 valence electrons. The van der Waals surface area contributed by atoms with Crippen molar-refractivity contribution in [2.75, 3.05) is 13.6 Å². The number of oxime groups is 1. The number of nitrogens with one attached hydrogen (secondary N) is 2. The molecule has 0 spiro atoms. The molecule has 12 heavy (non-hydrogen) atoms. The van der Waals surface area contributed by atoms with Crippen molar-refractivity contribution in [2.24, 2.45) is 5.16 Å². The second-order valence-corrected chi connectivity index (χ2v) is 2.32. The quantitative estimate of drug-likeness (QED) is 0.241. The first-order valence-corrected chi connectivity index (χ1v) is 3.90. The van der Waals surface area contributed by atoms with Crippen molar-refractivity contribution >= 4 is 11.7 Å². The molecule has 0 rings (SSSR count). The Bertz CT molecular complexity index is 168. The van der Waals surface area contributed by atoms with E-state index < -0.39 is 0 Å². The van der Waals surface area contributed by atoms with Crippen LogP contribution in [0, 0.1) is 0 Å². The van der Waals surface area contributed by atoms with E-state index in [1.807, 2.05) is 6.92 Å². The summed E-state index contributed by atoms with van der Waals surface area (Å²) in [5, 5.41) is 16.5. The summed E-state index contributed by atoms with van der Waals surface area (Å²) in [6, 6.07) is 0. The van der Waals surface area contributed by atoms with Gasteiger partial charge in [-0.15, -0.1) is 0 Å². The number of carbonyl (C=O) groups excluding carboxylic acids is 1. The molecule has 3 N–H and O–H groups in total. The van der Waals surface area contributed by atoms with Crippen LogP contribution in [0.25, 0.3) is 0 Å². The molecule has 0 radical (unpaired) electrons. The van der Waals surface area contributed by atoms with E-state index in [9.17, 15) is 4.79 Å². The van der Waals surface area contributed by atoms with Gasteiger partial charge in [-0.3, -0.25) is 4.79 Å². The number of nitrogens with zero attached hydrogens (tertiary/aromatic N) is 1. The predicted molar refractivity (Wildman–Crippen MR) is 46.2 cm³/mol. The Hall–Kier alpha value is -1.26. The summed E-state index contributed by atoms with van der Waals surface area (Å²) in [7, 11) is 1.60. The number of hydrogen-bond donors (Lipinski definition) is 3. The molecule has 0 atom stereocenters. The zero-order chi connectivity index (χ0) is 9.40. The Kier molecular flexibility index (Phi) is 5.77. The zero-order valence-electron chi connectivity index (χ0n) is 7.42. The third-order valence-corrected chi connectivity index (χ3v) is 1.31. The number of hydrogen-bond acceptors (Lipinski definition) is 3. The molecule has 1 amide bonds.